The average molecular weight is 421 g/mol. The van der Waals surface area contributed by atoms with Gasteiger partial charge in [-0.15, -0.1) is 4.40 Å². The number of sulfonamides is 1. The normalized spacial score (nSPS) is 16.8. The third-order valence-corrected chi connectivity index (χ3v) is 5.19. The molecule has 29 heavy (non-hydrogen) atoms. The standard InChI is InChI=1S/C18H19N3O7S/c1-26-14-7-13(8-15(9-14)27-2)19-17(22)11-28-18(23)12-3-4-16-20-29(24,25)6-5-21(16)10-12/h3-4,7-10H,5-6,11H2,1-2H3,(H,19,22). The second-order valence-corrected chi connectivity index (χ2v) is 7.83. The molecule has 0 radical (unpaired) electrons. The Labute approximate surface area is 167 Å². The van der Waals surface area contributed by atoms with Crippen molar-refractivity contribution in [2.45, 2.75) is 0 Å². The Bertz CT molecular complexity index is 1010. The molecule has 1 aromatic rings. The molecule has 11 heteroatoms. The summed E-state index contributed by atoms with van der Waals surface area (Å²) in [7, 11) is -0.498. The number of nitrogens with zero attached hydrogens (tertiary/aromatic N) is 2. The van der Waals surface area contributed by atoms with E-state index in [2.05, 4.69) is 9.71 Å². The number of amidine groups is 1. The van der Waals surface area contributed by atoms with E-state index in [1.807, 2.05) is 0 Å². The van der Waals surface area contributed by atoms with Crippen molar-refractivity contribution in [1.82, 2.24) is 4.90 Å². The molecule has 0 saturated carbocycles. The van der Waals surface area contributed by atoms with Gasteiger partial charge >= 0.3 is 5.97 Å². The van der Waals surface area contributed by atoms with E-state index in [-0.39, 0.29) is 23.7 Å². The number of carbonyl (C=O) groups excluding carboxylic acids is 2. The molecule has 0 saturated heterocycles. The summed E-state index contributed by atoms with van der Waals surface area (Å²) in [6, 6.07) is 4.85. The first-order valence-electron chi connectivity index (χ1n) is 8.49. The number of amides is 1. The molecule has 0 aromatic heterocycles. The first-order chi connectivity index (χ1) is 13.8. The van der Waals surface area contributed by atoms with Gasteiger partial charge in [0.2, 0.25) is 0 Å². The highest BCUT2D eigenvalue weighted by molar-refractivity contribution is 7.90. The predicted molar refractivity (Wildman–Crippen MR) is 104 cm³/mol. The molecule has 0 bridgehead atoms. The summed E-state index contributed by atoms with van der Waals surface area (Å²) in [6.07, 6.45) is 4.25. The number of esters is 1. The number of rotatable bonds is 6. The van der Waals surface area contributed by atoms with Gasteiger partial charge in [0, 0.05) is 36.6 Å². The molecule has 1 N–H and O–H groups in total. The van der Waals surface area contributed by atoms with E-state index in [0.29, 0.717) is 17.2 Å². The molecule has 0 spiro atoms. The van der Waals surface area contributed by atoms with Crippen LogP contribution in [0.1, 0.15) is 0 Å². The maximum absolute atomic E-state index is 12.2. The van der Waals surface area contributed by atoms with Crippen LogP contribution in [0, 0.1) is 0 Å². The van der Waals surface area contributed by atoms with Gasteiger partial charge in [0.15, 0.2) is 6.61 Å². The molecule has 1 amide bonds. The topological polar surface area (TPSA) is 124 Å². The van der Waals surface area contributed by atoms with Crippen molar-refractivity contribution in [3.63, 3.8) is 0 Å². The van der Waals surface area contributed by atoms with Gasteiger partial charge in [0.1, 0.15) is 17.3 Å². The van der Waals surface area contributed by atoms with Crippen LogP contribution in [0.3, 0.4) is 0 Å². The summed E-state index contributed by atoms with van der Waals surface area (Å²) < 4.78 is 41.9. The van der Waals surface area contributed by atoms with E-state index < -0.39 is 28.5 Å². The first kappa shape index (κ1) is 20.4. The molecule has 10 nitrogen and oxygen atoms in total. The number of carbonyl (C=O) groups is 2. The molecular formula is C18H19N3O7S. The number of methoxy groups -OCH3 is 2. The van der Waals surface area contributed by atoms with Gasteiger partial charge in [-0.3, -0.25) is 4.79 Å². The van der Waals surface area contributed by atoms with Gasteiger partial charge in [0.05, 0.1) is 25.5 Å². The number of anilines is 1. The first-order valence-corrected chi connectivity index (χ1v) is 10.1. The average Bonchev–Trinajstić information content (AvgIpc) is 2.70. The van der Waals surface area contributed by atoms with E-state index in [0.717, 1.165) is 0 Å². The second kappa shape index (κ2) is 8.35. The Kier molecular flexibility index (Phi) is 5.87. The number of ether oxygens (including phenoxy) is 3. The lowest BCUT2D eigenvalue weighted by Gasteiger charge is -2.26. The molecule has 154 valence electrons. The molecule has 0 atom stereocenters. The van der Waals surface area contributed by atoms with Crippen molar-refractivity contribution in [2.75, 3.05) is 38.4 Å². The summed E-state index contributed by atoms with van der Waals surface area (Å²) in [6.45, 7) is -0.320. The van der Waals surface area contributed by atoms with E-state index in [9.17, 15) is 18.0 Å². The van der Waals surface area contributed by atoms with Crippen LogP contribution >= 0.6 is 0 Å². The monoisotopic (exact) mass is 421 g/mol. The van der Waals surface area contributed by atoms with Crippen molar-refractivity contribution >= 4 is 33.4 Å². The Balaban J connectivity index is 1.58. The number of benzene rings is 1. The highest BCUT2D eigenvalue weighted by atomic mass is 32.2. The van der Waals surface area contributed by atoms with Crippen LogP contribution in [0.25, 0.3) is 0 Å². The maximum Gasteiger partial charge on any atom is 0.340 e. The van der Waals surface area contributed by atoms with Crippen LogP contribution in [0.2, 0.25) is 0 Å². The van der Waals surface area contributed by atoms with Gasteiger partial charge in [-0.2, -0.15) is 0 Å². The Hall–Kier alpha value is -3.34. The summed E-state index contributed by atoms with van der Waals surface area (Å²) >= 11 is 0. The van der Waals surface area contributed by atoms with Gasteiger partial charge in [0.25, 0.3) is 15.9 Å². The Morgan fingerprint density at radius 2 is 1.83 bits per heavy atom. The fraction of sp³-hybridized carbons (Fsp3) is 0.278. The van der Waals surface area contributed by atoms with E-state index >= 15 is 0 Å². The molecule has 2 aliphatic heterocycles. The van der Waals surface area contributed by atoms with E-state index in [4.69, 9.17) is 14.2 Å². The molecule has 3 rings (SSSR count). The van der Waals surface area contributed by atoms with Crippen molar-refractivity contribution in [2.24, 2.45) is 4.40 Å². The summed E-state index contributed by atoms with van der Waals surface area (Å²) in [5.41, 5.74) is 0.605. The highest BCUT2D eigenvalue weighted by Gasteiger charge is 2.25. The number of fused-ring (bicyclic) bond motifs is 1. The zero-order chi connectivity index (χ0) is 21.0. The van der Waals surface area contributed by atoms with Crippen molar-refractivity contribution in [1.29, 1.82) is 0 Å². The molecule has 0 fully saturated rings. The molecule has 2 aliphatic rings. The predicted octanol–water partition coefficient (Wildman–Crippen LogP) is 0.683. The van der Waals surface area contributed by atoms with Gasteiger partial charge in [-0.1, -0.05) is 0 Å². The van der Waals surface area contributed by atoms with Crippen LogP contribution < -0.4 is 14.8 Å². The summed E-state index contributed by atoms with van der Waals surface area (Å²) in [5, 5.41) is 2.59. The Morgan fingerprint density at radius 3 is 2.48 bits per heavy atom. The largest absolute Gasteiger partial charge is 0.497 e. The molecule has 1 aromatic carbocycles. The minimum absolute atomic E-state index is 0.143. The van der Waals surface area contributed by atoms with Crippen LogP contribution in [-0.2, 0) is 24.3 Å². The van der Waals surface area contributed by atoms with Gasteiger partial charge < -0.3 is 24.4 Å². The summed E-state index contributed by atoms with van der Waals surface area (Å²) in [5.74, 6) is -0.175. The lowest BCUT2D eigenvalue weighted by Crippen LogP contribution is -2.37. The Morgan fingerprint density at radius 1 is 1.14 bits per heavy atom. The van der Waals surface area contributed by atoms with Crippen LogP contribution in [-0.4, -0.2) is 64.2 Å². The third kappa shape index (κ3) is 5.13. The van der Waals surface area contributed by atoms with E-state index in [1.54, 1.807) is 23.1 Å². The van der Waals surface area contributed by atoms with Crippen molar-refractivity contribution in [3.05, 3.63) is 42.1 Å². The zero-order valence-electron chi connectivity index (χ0n) is 15.7. The molecule has 0 aliphatic carbocycles. The SMILES string of the molecule is COc1cc(NC(=O)COC(=O)C2=CN3CCS(=O)(=O)N=C3C=C2)cc(OC)c1. The zero-order valence-corrected chi connectivity index (χ0v) is 16.6. The lowest BCUT2D eigenvalue weighted by atomic mass is 10.2. The van der Waals surface area contributed by atoms with Crippen LogP contribution in [0.4, 0.5) is 5.69 Å². The smallest absolute Gasteiger partial charge is 0.340 e. The summed E-state index contributed by atoms with van der Waals surface area (Å²) in [4.78, 5) is 25.8. The fourth-order valence-corrected chi connectivity index (χ4v) is 3.58. The molecular weight excluding hydrogens is 402 g/mol. The third-order valence-electron chi connectivity index (χ3n) is 4.03. The van der Waals surface area contributed by atoms with Crippen LogP contribution in [0.15, 0.2) is 46.5 Å². The highest BCUT2D eigenvalue weighted by Crippen LogP contribution is 2.25. The minimum atomic E-state index is -3.47. The molecule has 0 unspecified atom stereocenters. The number of hydrogen-bond acceptors (Lipinski definition) is 8. The molecule has 2 heterocycles. The minimum Gasteiger partial charge on any atom is -0.497 e. The van der Waals surface area contributed by atoms with Crippen molar-refractivity contribution < 1.29 is 32.2 Å². The van der Waals surface area contributed by atoms with Crippen LogP contribution in [0.5, 0.6) is 11.5 Å². The quantitative estimate of drug-likeness (QED) is 0.665. The maximum atomic E-state index is 12.2. The van der Waals surface area contributed by atoms with Gasteiger partial charge in [-0.25, -0.2) is 13.2 Å². The van der Waals surface area contributed by atoms with E-state index in [1.165, 1.54) is 32.6 Å². The van der Waals surface area contributed by atoms with Gasteiger partial charge in [-0.05, 0) is 12.2 Å². The lowest BCUT2D eigenvalue weighted by molar-refractivity contribution is -0.143. The number of hydrogen-bond donors (Lipinski definition) is 1. The van der Waals surface area contributed by atoms with Crippen molar-refractivity contribution in [3.8, 4) is 11.5 Å². The second-order valence-electron chi connectivity index (χ2n) is 6.07. The fourth-order valence-electron chi connectivity index (χ4n) is 2.61. The number of nitrogens with one attached hydrogen (secondary N) is 1.